The third-order valence-corrected chi connectivity index (χ3v) is 3.66. The lowest BCUT2D eigenvalue weighted by Gasteiger charge is -2.21. The first-order chi connectivity index (χ1) is 6.86. The maximum absolute atomic E-state index is 11.1. The molecule has 1 nitrogen and oxygen atoms in total. The van der Waals surface area contributed by atoms with E-state index in [0.717, 1.165) is 18.8 Å². The Balaban J connectivity index is 1.95. The number of ketones is 1. The molecule has 78 valence electrons. The van der Waals surface area contributed by atoms with Gasteiger partial charge < -0.3 is 0 Å². The minimum Gasteiger partial charge on any atom is -0.299 e. The van der Waals surface area contributed by atoms with Crippen LogP contribution in [0.3, 0.4) is 0 Å². The van der Waals surface area contributed by atoms with Crippen LogP contribution in [0.4, 0.5) is 0 Å². The van der Waals surface area contributed by atoms with Crippen LogP contribution in [-0.2, 0) is 4.79 Å². The van der Waals surface area contributed by atoms with Crippen molar-refractivity contribution in [2.45, 2.75) is 57.8 Å². The molecule has 1 fully saturated rings. The largest absolute Gasteiger partial charge is 0.299 e. The SMILES string of the molecule is O=C1CC=C(C2CCCCCC2)CC1. The van der Waals surface area contributed by atoms with E-state index in [2.05, 4.69) is 6.08 Å². The van der Waals surface area contributed by atoms with Crippen molar-refractivity contribution in [2.75, 3.05) is 0 Å². The molecule has 0 heterocycles. The summed E-state index contributed by atoms with van der Waals surface area (Å²) < 4.78 is 0. The van der Waals surface area contributed by atoms with Crippen molar-refractivity contribution >= 4 is 5.78 Å². The Morgan fingerprint density at radius 1 is 1.00 bits per heavy atom. The normalized spacial score (nSPS) is 25.7. The van der Waals surface area contributed by atoms with Gasteiger partial charge in [0.2, 0.25) is 0 Å². The Bertz CT molecular complexity index is 232. The summed E-state index contributed by atoms with van der Waals surface area (Å²) in [6.45, 7) is 0. The second kappa shape index (κ2) is 4.77. The number of hydrogen-bond donors (Lipinski definition) is 0. The minimum atomic E-state index is 0.433. The van der Waals surface area contributed by atoms with Gasteiger partial charge in [-0.3, -0.25) is 4.79 Å². The van der Waals surface area contributed by atoms with Gasteiger partial charge in [0.15, 0.2) is 0 Å². The van der Waals surface area contributed by atoms with Crippen LogP contribution in [0.25, 0.3) is 0 Å². The van der Waals surface area contributed by atoms with E-state index >= 15 is 0 Å². The van der Waals surface area contributed by atoms with Crippen molar-refractivity contribution < 1.29 is 4.79 Å². The van der Waals surface area contributed by atoms with Crippen LogP contribution in [0, 0.1) is 5.92 Å². The molecule has 2 aliphatic carbocycles. The van der Waals surface area contributed by atoms with Gasteiger partial charge in [-0.25, -0.2) is 0 Å². The van der Waals surface area contributed by atoms with Gasteiger partial charge in [-0.2, -0.15) is 0 Å². The first-order valence-electron chi connectivity index (χ1n) is 6.07. The third-order valence-electron chi connectivity index (χ3n) is 3.66. The van der Waals surface area contributed by atoms with Crippen LogP contribution in [0.15, 0.2) is 11.6 Å². The number of hydrogen-bond acceptors (Lipinski definition) is 1. The number of carbonyl (C=O) groups is 1. The van der Waals surface area contributed by atoms with Gasteiger partial charge >= 0.3 is 0 Å². The molecule has 0 aromatic heterocycles. The predicted molar refractivity (Wildman–Crippen MR) is 58.1 cm³/mol. The molecule has 0 unspecified atom stereocenters. The summed E-state index contributed by atoms with van der Waals surface area (Å²) in [4.78, 5) is 11.1. The van der Waals surface area contributed by atoms with E-state index in [4.69, 9.17) is 0 Å². The summed E-state index contributed by atoms with van der Waals surface area (Å²) >= 11 is 0. The van der Waals surface area contributed by atoms with Crippen LogP contribution in [0.5, 0.6) is 0 Å². The maximum atomic E-state index is 11.1. The molecule has 0 atom stereocenters. The highest BCUT2D eigenvalue weighted by Crippen LogP contribution is 2.32. The summed E-state index contributed by atoms with van der Waals surface area (Å²) in [6.07, 6.45) is 13.2. The van der Waals surface area contributed by atoms with Crippen LogP contribution < -0.4 is 0 Å². The van der Waals surface area contributed by atoms with Crippen molar-refractivity contribution in [1.82, 2.24) is 0 Å². The van der Waals surface area contributed by atoms with Crippen molar-refractivity contribution in [3.05, 3.63) is 11.6 Å². The van der Waals surface area contributed by atoms with Crippen LogP contribution in [-0.4, -0.2) is 5.78 Å². The van der Waals surface area contributed by atoms with Gasteiger partial charge in [0.25, 0.3) is 0 Å². The monoisotopic (exact) mass is 192 g/mol. The fraction of sp³-hybridized carbons (Fsp3) is 0.769. The summed E-state index contributed by atoms with van der Waals surface area (Å²) in [7, 11) is 0. The van der Waals surface area contributed by atoms with Gasteiger partial charge in [0.1, 0.15) is 5.78 Å². The highest BCUT2D eigenvalue weighted by Gasteiger charge is 2.19. The lowest BCUT2D eigenvalue weighted by molar-refractivity contribution is -0.118. The van der Waals surface area contributed by atoms with Crippen molar-refractivity contribution in [1.29, 1.82) is 0 Å². The molecule has 2 aliphatic rings. The zero-order chi connectivity index (χ0) is 9.80. The number of rotatable bonds is 1. The van der Waals surface area contributed by atoms with E-state index in [-0.39, 0.29) is 0 Å². The third kappa shape index (κ3) is 2.46. The molecule has 0 N–H and O–H groups in total. The zero-order valence-corrected chi connectivity index (χ0v) is 8.93. The summed E-state index contributed by atoms with van der Waals surface area (Å²) in [5.41, 5.74) is 1.60. The fourth-order valence-electron chi connectivity index (χ4n) is 2.75. The molecule has 1 saturated carbocycles. The molecule has 1 heteroatoms. The Hall–Kier alpha value is -0.590. The topological polar surface area (TPSA) is 17.1 Å². The molecule has 14 heavy (non-hydrogen) atoms. The Labute approximate surface area is 86.6 Å². The number of carbonyl (C=O) groups excluding carboxylic acids is 1. The van der Waals surface area contributed by atoms with E-state index in [1.54, 1.807) is 5.57 Å². The van der Waals surface area contributed by atoms with E-state index in [1.165, 1.54) is 38.5 Å². The Kier molecular flexibility index (Phi) is 3.39. The summed E-state index contributed by atoms with van der Waals surface area (Å²) in [5, 5.41) is 0. The van der Waals surface area contributed by atoms with E-state index in [0.29, 0.717) is 12.2 Å². The molecule has 0 aromatic rings. The maximum Gasteiger partial charge on any atom is 0.136 e. The molecule has 0 bridgehead atoms. The molecular formula is C13H20O. The van der Waals surface area contributed by atoms with Gasteiger partial charge in [0.05, 0.1) is 0 Å². The number of Topliss-reactive ketones (excluding diaryl/α,β-unsaturated/α-hetero) is 1. The molecule has 0 radical (unpaired) electrons. The van der Waals surface area contributed by atoms with Crippen LogP contribution in [0.2, 0.25) is 0 Å². The minimum absolute atomic E-state index is 0.433. The molecule has 0 aromatic carbocycles. The highest BCUT2D eigenvalue weighted by molar-refractivity contribution is 5.81. The Morgan fingerprint density at radius 2 is 1.71 bits per heavy atom. The average Bonchev–Trinajstić information content (AvgIpc) is 2.47. The molecule has 2 rings (SSSR count). The summed E-state index contributed by atoms with van der Waals surface area (Å²) in [6, 6.07) is 0. The first-order valence-corrected chi connectivity index (χ1v) is 6.07. The molecule has 0 saturated heterocycles. The Morgan fingerprint density at radius 3 is 2.29 bits per heavy atom. The van der Waals surface area contributed by atoms with E-state index < -0.39 is 0 Å². The smallest absolute Gasteiger partial charge is 0.136 e. The van der Waals surface area contributed by atoms with Gasteiger partial charge in [-0.05, 0) is 25.2 Å². The van der Waals surface area contributed by atoms with Crippen LogP contribution >= 0.6 is 0 Å². The second-order valence-corrected chi connectivity index (χ2v) is 4.71. The first kappa shape index (κ1) is 9.95. The molecular weight excluding hydrogens is 172 g/mol. The van der Waals surface area contributed by atoms with E-state index in [9.17, 15) is 4.79 Å². The molecule has 0 amide bonds. The lowest BCUT2D eigenvalue weighted by Crippen LogP contribution is -2.10. The molecule has 0 spiro atoms. The van der Waals surface area contributed by atoms with Crippen molar-refractivity contribution in [2.24, 2.45) is 5.92 Å². The predicted octanol–water partition coefficient (Wildman–Crippen LogP) is 3.64. The zero-order valence-electron chi connectivity index (χ0n) is 8.93. The van der Waals surface area contributed by atoms with Gasteiger partial charge in [-0.1, -0.05) is 37.3 Å². The van der Waals surface area contributed by atoms with Crippen molar-refractivity contribution in [3.63, 3.8) is 0 Å². The van der Waals surface area contributed by atoms with Gasteiger partial charge in [-0.15, -0.1) is 0 Å². The lowest BCUT2D eigenvalue weighted by atomic mass is 9.84. The van der Waals surface area contributed by atoms with E-state index in [1.807, 2.05) is 0 Å². The van der Waals surface area contributed by atoms with Gasteiger partial charge in [0, 0.05) is 12.8 Å². The van der Waals surface area contributed by atoms with Crippen molar-refractivity contribution in [3.8, 4) is 0 Å². The summed E-state index contributed by atoms with van der Waals surface area (Å²) in [5.74, 6) is 1.26. The second-order valence-electron chi connectivity index (χ2n) is 4.71. The van der Waals surface area contributed by atoms with Crippen LogP contribution in [0.1, 0.15) is 57.8 Å². The standard InChI is InChI=1S/C13H20O/c14-13-9-7-12(8-10-13)11-5-3-1-2-4-6-11/h7,11H,1-6,8-10H2. The number of allylic oxidation sites excluding steroid dienone is 2. The molecule has 0 aliphatic heterocycles. The fourth-order valence-corrected chi connectivity index (χ4v) is 2.75. The highest BCUT2D eigenvalue weighted by atomic mass is 16.1. The quantitative estimate of drug-likeness (QED) is 0.458. The average molecular weight is 192 g/mol.